The van der Waals surface area contributed by atoms with Crippen LogP contribution in [0.25, 0.3) is 16.5 Å². The Morgan fingerprint density at radius 2 is 2.19 bits per heavy atom. The molecule has 0 fully saturated rings. The molecule has 108 valence electrons. The average molecular weight is 282 g/mol. The van der Waals surface area contributed by atoms with Crippen molar-refractivity contribution < 1.29 is 9.52 Å². The van der Waals surface area contributed by atoms with Crippen molar-refractivity contribution in [1.29, 1.82) is 0 Å². The Morgan fingerprint density at radius 3 is 2.86 bits per heavy atom. The van der Waals surface area contributed by atoms with Crippen LogP contribution in [0.2, 0.25) is 0 Å². The third-order valence-corrected chi connectivity index (χ3v) is 3.17. The summed E-state index contributed by atoms with van der Waals surface area (Å²) >= 11 is 0. The van der Waals surface area contributed by atoms with Crippen LogP contribution in [0.1, 0.15) is 24.7 Å². The molecule has 3 nitrogen and oxygen atoms in total. The minimum atomic E-state index is -0.109. The van der Waals surface area contributed by atoms with Crippen molar-refractivity contribution in [1.82, 2.24) is 0 Å². The lowest BCUT2D eigenvalue weighted by molar-refractivity contribution is 0.473. The molecular weight excluding hydrogens is 264 g/mol. The molecule has 2 aromatic rings. The van der Waals surface area contributed by atoms with E-state index in [1.54, 1.807) is 25.1 Å². The second kappa shape index (κ2) is 6.27. The third-order valence-electron chi connectivity index (χ3n) is 3.17. The van der Waals surface area contributed by atoms with E-state index in [9.17, 15) is 9.90 Å². The summed E-state index contributed by atoms with van der Waals surface area (Å²) in [6.45, 7) is 7.47. The van der Waals surface area contributed by atoms with Gasteiger partial charge in [-0.2, -0.15) is 0 Å². The van der Waals surface area contributed by atoms with Crippen LogP contribution in [0.5, 0.6) is 5.75 Å². The van der Waals surface area contributed by atoms with Gasteiger partial charge in [0.15, 0.2) is 0 Å². The maximum absolute atomic E-state index is 12.7. The topological polar surface area (TPSA) is 50.4 Å². The molecular formula is C18H18O3. The fourth-order valence-corrected chi connectivity index (χ4v) is 2.22. The summed E-state index contributed by atoms with van der Waals surface area (Å²) in [5, 5.41) is 9.95. The molecule has 21 heavy (non-hydrogen) atoms. The fraction of sp³-hybridized carbons (Fsp3) is 0.167. The zero-order valence-electron chi connectivity index (χ0n) is 12.2. The number of rotatable bonds is 4. The van der Waals surface area contributed by atoms with E-state index in [2.05, 4.69) is 6.58 Å². The van der Waals surface area contributed by atoms with E-state index < -0.39 is 0 Å². The Kier molecular flexibility index (Phi) is 4.43. The summed E-state index contributed by atoms with van der Waals surface area (Å²) in [5.41, 5.74) is 1.58. The molecule has 1 N–H and O–H groups in total. The van der Waals surface area contributed by atoms with Gasteiger partial charge in [0.1, 0.15) is 17.1 Å². The minimum Gasteiger partial charge on any atom is -0.508 e. The van der Waals surface area contributed by atoms with E-state index >= 15 is 0 Å². The molecule has 1 heterocycles. The van der Waals surface area contributed by atoms with E-state index in [0.29, 0.717) is 22.3 Å². The first-order chi connectivity index (χ1) is 10.1. The molecule has 0 saturated heterocycles. The van der Waals surface area contributed by atoms with Gasteiger partial charge in [-0.05, 0) is 31.1 Å². The van der Waals surface area contributed by atoms with Gasteiger partial charge in [-0.3, -0.25) is 4.79 Å². The van der Waals surface area contributed by atoms with Gasteiger partial charge in [0.05, 0.1) is 10.9 Å². The molecule has 2 rings (SSSR count). The Labute approximate surface area is 123 Å². The predicted octanol–water partition coefficient (Wildman–Crippen LogP) is 4.34. The number of allylic oxidation sites excluding steroid dienone is 5. The minimum absolute atomic E-state index is 0.0746. The lowest BCUT2D eigenvalue weighted by Crippen LogP contribution is -2.10. The van der Waals surface area contributed by atoms with Gasteiger partial charge in [0, 0.05) is 6.07 Å². The maximum atomic E-state index is 12.7. The third kappa shape index (κ3) is 2.97. The quantitative estimate of drug-likeness (QED) is 0.848. The molecule has 0 amide bonds. The Bertz CT molecular complexity index is 792. The fourth-order valence-electron chi connectivity index (χ4n) is 2.22. The first-order valence-corrected chi connectivity index (χ1v) is 6.84. The van der Waals surface area contributed by atoms with Gasteiger partial charge >= 0.3 is 0 Å². The van der Waals surface area contributed by atoms with Gasteiger partial charge in [-0.15, -0.1) is 0 Å². The van der Waals surface area contributed by atoms with E-state index in [4.69, 9.17) is 4.42 Å². The van der Waals surface area contributed by atoms with Gasteiger partial charge in [-0.1, -0.05) is 37.8 Å². The van der Waals surface area contributed by atoms with Gasteiger partial charge in [0.25, 0.3) is 0 Å². The Balaban J connectivity index is 2.77. The van der Waals surface area contributed by atoms with Crippen LogP contribution < -0.4 is 5.43 Å². The first-order valence-electron chi connectivity index (χ1n) is 6.84. The zero-order valence-corrected chi connectivity index (χ0v) is 12.2. The van der Waals surface area contributed by atoms with Crippen molar-refractivity contribution in [2.24, 2.45) is 0 Å². The van der Waals surface area contributed by atoms with Crippen molar-refractivity contribution in [3.63, 3.8) is 0 Å². The van der Waals surface area contributed by atoms with E-state index in [1.165, 1.54) is 12.1 Å². The number of aromatic hydroxyl groups is 1. The molecule has 1 aromatic heterocycles. The first kappa shape index (κ1) is 14.9. The SMILES string of the molecule is C=C/C=C(\C=C/CC)c1c(C)oc2cc(O)ccc2c1=O. The van der Waals surface area contributed by atoms with Crippen molar-refractivity contribution in [2.45, 2.75) is 20.3 Å². The van der Waals surface area contributed by atoms with E-state index in [1.807, 2.05) is 19.1 Å². The number of benzene rings is 1. The highest BCUT2D eigenvalue weighted by molar-refractivity contribution is 5.85. The number of hydrogen-bond donors (Lipinski definition) is 1. The van der Waals surface area contributed by atoms with Crippen LogP contribution in [-0.2, 0) is 0 Å². The summed E-state index contributed by atoms with van der Waals surface area (Å²) in [6, 6.07) is 4.51. The standard InChI is InChI=1S/C18H18O3/c1-4-6-8-13(7-5-2)17-12(3)21-16-11-14(19)9-10-15(16)18(17)20/h5-11,19H,2,4H2,1,3H3/b8-6-,13-7+. The molecule has 0 radical (unpaired) electrons. The summed E-state index contributed by atoms with van der Waals surface area (Å²) in [6.07, 6.45) is 8.19. The zero-order chi connectivity index (χ0) is 15.4. The normalized spacial score (nSPS) is 12.2. The molecule has 0 spiro atoms. The molecule has 0 aliphatic rings. The highest BCUT2D eigenvalue weighted by Crippen LogP contribution is 2.24. The summed E-state index contributed by atoms with van der Waals surface area (Å²) in [5.74, 6) is 0.595. The molecule has 0 atom stereocenters. The van der Waals surface area contributed by atoms with Gasteiger partial charge in [-0.25, -0.2) is 0 Å². The molecule has 0 bridgehead atoms. The summed E-state index contributed by atoms with van der Waals surface area (Å²) < 4.78 is 5.69. The lowest BCUT2D eigenvalue weighted by atomic mass is 10.0. The number of fused-ring (bicyclic) bond motifs is 1. The van der Waals surface area contributed by atoms with Crippen LogP contribution in [0.15, 0.2) is 58.3 Å². The lowest BCUT2D eigenvalue weighted by Gasteiger charge is -2.08. The van der Waals surface area contributed by atoms with Crippen molar-refractivity contribution in [3.05, 3.63) is 70.6 Å². The Morgan fingerprint density at radius 1 is 1.43 bits per heavy atom. The van der Waals surface area contributed by atoms with Gasteiger partial charge in [0.2, 0.25) is 5.43 Å². The maximum Gasteiger partial charge on any atom is 0.200 e. The van der Waals surface area contributed by atoms with Crippen LogP contribution in [0.3, 0.4) is 0 Å². The van der Waals surface area contributed by atoms with E-state index in [0.717, 1.165) is 12.0 Å². The second-order valence-corrected chi connectivity index (χ2v) is 4.71. The molecule has 0 aliphatic heterocycles. The summed E-state index contributed by atoms with van der Waals surface area (Å²) in [4.78, 5) is 12.7. The van der Waals surface area contributed by atoms with Crippen LogP contribution in [0.4, 0.5) is 0 Å². The molecule has 3 heteroatoms. The Hall–Kier alpha value is -2.55. The van der Waals surface area contributed by atoms with Gasteiger partial charge < -0.3 is 9.52 Å². The predicted molar refractivity (Wildman–Crippen MR) is 86.5 cm³/mol. The highest BCUT2D eigenvalue weighted by atomic mass is 16.3. The van der Waals surface area contributed by atoms with Crippen LogP contribution >= 0.6 is 0 Å². The van der Waals surface area contributed by atoms with E-state index in [-0.39, 0.29) is 11.2 Å². The highest BCUT2D eigenvalue weighted by Gasteiger charge is 2.14. The molecule has 1 aromatic carbocycles. The number of aryl methyl sites for hydroxylation is 1. The molecule has 0 unspecified atom stereocenters. The largest absolute Gasteiger partial charge is 0.508 e. The summed E-state index contributed by atoms with van der Waals surface area (Å²) in [7, 11) is 0. The monoisotopic (exact) mass is 282 g/mol. The average Bonchev–Trinajstić information content (AvgIpc) is 2.44. The molecule has 0 saturated carbocycles. The van der Waals surface area contributed by atoms with Crippen LogP contribution in [-0.4, -0.2) is 5.11 Å². The second-order valence-electron chi connectivity index (χ2n) is 4.71. The number of phenols is 1. The smallest absolute Gasteiger partial charge is 0.200 e. The molecule has 0 aliphatic carbocycles. The van der Waals surface area contributed by atoms with Crippen molar-refractivity contribution >= 4 is 16.5 Å². The van der Waals surface area contributed by atoms with Crippen LogP contribution in [0, 0.1) is 6.92 Å². The van der Waals surface area contributed by atoms with Crippen molar-refractivity contribution in [2.75, 3.05) is 0 Å². The number of hydrogen-bond acceptors (Lipinski definition) is 3. The van der Waals surface area contributed by atoms with Crippen molar-refractivity contribution in [3.8, 4) is 5.75 Å². The number of phenolic OH excluding ortho intramolecular Hbond substituents is 1.